The lowest BCUT2D eigenvalue weighted by atomic mass is 9.95. The molecule has 0 bridgehead atoms. The van der Waals surface area contributed by atoms with Gasteiger partial charge in [-0.15, -0.1) is 0 Å². The van der Waals surface area contributed by atoms with E-state index in [1.807, 2.05) is 25.2 Å². The van der Waals surface area contributed by atoms with Crippen molar-refractivity contribution in [2.45, 2.75) is 13.8 Å². The van der Waals surface area contributed by atoms with Crippen molar-refractivity contribution in [2.75, 3.05) is 32.6 Å². The maximum Gasteiger partial charge on any atom is 0.141 e. The summed E-state index contributed by atoms with van der Waals surface area (Å²) in [5, 5.41) is 6.71. The number of para-hydroxylation sites is 2. The van der Waals surface area contributed by atoms with Gasteiger partial charge in [0.25, 0.3) is 0 Å². The van der Waals surface area contributed by atoms with Crippen molar-refractivity contribution in [2.24, 2.45) is 11.8 Å². The summed E-state index contributed by atoms with van der Waals surface area (Å²) in [6.45, 7) is 6.50. The van der Waals surface area contributed by atoms with E-state index in [4.69, 9.17) is 4.74 Å². The predicted molar refractivity (Wildman–Crippen MR) is 73.7 cm³/mol. The van der Waals surface area contributed by atoms with Gasteiger partial charge in [-0.25, -0.2) is 0 Å². The van der Waals surface area contributed by atoms with Crippen LogP contribution in [-0.4, -0.2) is 27.2 Å². The minimum Gasteiger partial charge on any atom is -0.495 e. The van der Waals surface area contributed by atoms with Gasteiger partial charge in [0.1, 0.15) is 5.75 Å². The molecule has 96 valence electrons. The molecule has 0 saturated heterocycles. The van der Waals surface area contributed by atoms with Gasteiger partial charge < -0.3 is 15.4 Å². The quantitative estimate of drug-likeness (QED) is 0.763. The van der Waals surface area contributed by atoms with Gasteiger partial charge in [0.2, 0.25) is 0 Å². The fraction of sp³-hybridized carbons (Fsp3) is 0.571. The molecular weight excluding hydrogens is 212 g/mol. The molecule has 0 amide bonds. The number of ether oxygens (including phenoxy) is 1. The van der Waals surface area contributed by atoms with E-state index in [0.29, 0.717) is 11.8 Å². The lowest BCUT2D eigenvalue weighted by molar-refractivity contribution is 0.388. The summed E-state index contributed by atoms with van der Waals surface area (Å²) in [6, 6.07) is 8.03. The van der Waals surface area contributed by atoms with Crippen LogP contribution in [-0.2, 0) is 0 Å². The Morgan fingerprint density at radius 1 is 1.18 bits per heavy atom. The van der Waals surface area contributed by atoms with Gasteiger partial charge in [0.05, 0.1) is 12.8 Å². The summed E-state index contributed by atoms with van der Waals surface area (Å²) >= 11 is 0. The van der Waals surface area contributed by atoms with Crippen LogP contribution >= 0.6 is 0 Å². The maximum absolute atomic E-state index is 5.32. The number of rotatable bonds is 7. The number of nitrogens with one attached hydrogen (secondary N) is 2. The Bertz CT molecular complexity index is 326. The van der Waals surface area contributed by atoms with Crippen LogP contribution < -0.4 is 15.4 Å². The Morgan fingerprint density at radius 2 is 1.88 bits per heavy atom. The highest BCUT2D eigenvalue weighted by Crippen LogP contribution is 2.23. The standard InChI is InChI=1S/C14H24N2O/c1-11(2)12(9-15-3)10-16-13-7-5-6-8-14(13)17-4/h5-8,11-12,15-16H,9-10H2,1-4H3. The molecule has 1 atom stereocenters. The number of hydrogen-bond acceptors (Lipinski definition) is 3. The van der Waals surface area contributed by atoms with Crippen molar-refractivity contribution >= 4 is 5.69 Å². The first-order valence-corrected chi connectivity index (χ1v) is 6.20. The minimum absolute atomic E-state index is 0.616. The molecule has 3 heteroatoms. The van der Waals surface area contributed by atoms with Gasteiger partial charge in [-0.3, -0.25) is 0 Å². The molecule has 1 unspecified atom stereocenters. The highest BCUT2D eigenvalue weighted by Gasteiger charge is 2.12. The van der Waals surface area contributed by atoms with E-state index >= 15 is 0 Å². The molecular formula is C14H24N2O. The molecule has 0 heterocycles. The minimum atomic E-state index is 0.616. The second kappa shape index (κ2) is 7.17. The van der Waals surface area contributed by atoms with Crippen LogP contribution in [0.25, 0.3) is 0 Å². The van der Waals surface area contributed by atoms with Gasteiger partial charge in [-0.2, -0.15) is 0 Å². The first-order chi connectivity index (χ1) is 8.19. The highest BCUT2D eigenvalue weighted by atomic mass is 16.5. The largest absolute Gasteiger partial charge is 0.495 e. The van der Waals surface area contributed by atoms with Crippen molar-refractivity contribution in [1.29, 1.82) is 0 Å². The molecule has 2 N–H and O–H groups in total. The van der Waals surface area contributed by atoms with Gasteiger partial charge in [-0.1, -0.05) is 26.0 Å². The normalized spacial score (nSPS) is 12.5. The molecule has 0 aliphatic carbocycles. The summed E-state index contributed by atoms with van der Waals surface area (Å²) < 4.78 is 5.32. The second-order valence-corrected chi connectivity index (χ2v) is 4.64. The molecule has 0 spiro atoms. The molecule has 0 aromatic heterocycles. The van der Waals surface area contributed by atoms with E-state index in [0.717, 1.165) is 24.5 Å². The third-order valence-electron chi connectivity index (χ3n) is 3.07. The van der Waals surface area contributed by atoms with Crippen LogP contribution in [0, 0.1) is 11.8 Å². The van der Waals surface area contributed by atoms with E-state index in [1.165, 1.54) is 0 Å². The van der Waals surface area contributed by atoms with Crippen molar-refractivity contribution < 1.29 is 4.74 Å². The third-order valence-corrected chi connectivity index (χ3v) is 3.07. The molecule has 0 aliphatic heterocycles. The molecule has 1 aromatic rings. The summed E-state index contributed by atoms with van der Waals surface area (Å²) in [4.78, 5) is 0. The maximum atomic E-state index is 5.32. The number of methoxy groups -OCH3 is 1. The Morgan fingerprint density at radius 3 is 2.47 bits per heavy atom. The third kappa shape index (κ3) is 4.27. The topological polar surface area (TPSA) is 33.3 Å². The SMILES string of the molecule is CNCC(CNc1ccccc1OC)C(C)C. The van der Waals surface area contributed by atoms with Crippen molar-refractivity contribution in [1.82, 2.24) is 5.32 Å². The average molecular weight is 236 g/mol. The predicted octanol–water partition coefficient (Wildman–Crippen LogP) is 2.60. The smallest absolute Gasteiger partial charge is 0.141 e. The summed E-state index contributed by atoms with van der Waals surface area (Å²) in [5.74, 6) is 2.18. The van der Waals surface area contributed by atoms with E-state index in [2.05, 4.69) is 30.5 Å². The molecule has 0 fully saturated rings. The van der Waals surface area contributed by atoms with E-state index in [-0.39, 0.29) is 0 Å². The fourth-order valence-electron chi connectivity index (χ4n) is 1.84. The van der Waals surface area contributed by atoms with Gasteiger partial charge in [0.15, 0.2) is 0 Å². The van der Waals surface area contributed by atoms with Gasteiger partial charge in [-0.05, 0) is 37.6 Å². The number of benzene rings is 1. The molecule has 1 rings (SSSR count). The first-order valence-electron chi connectivity index (χ1n) is 6.20. The fourth-order valence-corrected chi connectivity index (χ4v) is 1.84. The van der Waals surface area contributed by atoms with E-state index in [1.54, 1.807) is 7.11 Å². The zero-order valence-electron chi connectivity index (χ0n) is 11.3. The Kier molecular flexibility index (Phi) is 5.84. The van der Waals surface area contributed by atoms with Crippen LogP contribution in [0.4, 0.5) is 5.69 Å². The van der Waals surface area contributed by atoms with Crippen molar-refractivity contribution in [3.63, 3.8) is 0 Å². The zero-order chi connectivity index (χ0) is 12.7. The summed E-state index contributed by atoms with van der Waals surface area (Å²) in [7, 11) is 3.70. The molecule has 0 aliphatic rings. The summed E-state index contributed by atoms with van der Waals surface area (Å²) in [6.07, 6.45) is 0. The van der Waals surface area contributed by atoms with Crippen LogP contribution in [0.3, 0.4) is 0 Å². The average Bonchev–Trinajstić information content (AvgIpc) is 2.34. The van der Waals surface area contributed by atoms with E-state index < -0.39 is 0 Å². The van der Waals surface area contributed by atoms with Crippen molar-refractivity contribution in [3.05, 3.63) is 24.3 Å². The lowest BCUT2D eigenvalue weighted by Crippen LogP contribution is -2.29. The Labute approximate surface area is 105 Å². The van der Waals surface area contributed by atoms with Crippen LogP contribution in [0.2, 0.25) is 0 Å². The van der Waals surface area contributed by atoms with Crippen LogP contribution in [0.5, 0.6) is 5.75 Å². The van der Waals surface area contributed by atoms with Crippen LogP contribution in [0.15, 0.2) is 24.3 Å². The Balaban J connectivity index is 2.58. The van der Waals surface area contributed by atoms with Gasteiger partial charge >= 0.3 is 0 Å². The van der Waals surface area contributed by atoms with Crippen molar-refractivity contribution in [3.8, 4) is 5.75 Å². The van der Waals surface area contributed by atoms with E-state index in [9.17, 15) is 0 Å². The monoisotopic (exact) mass is 236 g/mol. The molecule has 17 heavy (non-hydrogen) atoms. The first kappa shape index (κ1) is 13.8. The number of hydrogen-bond donors (Lipinski definition) is 2. The molecule has 0 saturated carbocycles. The molecule has 1 aromatic carbocycles. The summed E-state index contributed by atoms with van der Waals surface area (Å²) in [5.41, 5.74) is 1.07. The molecule has 3 nitrogen and oxygen atoms in total. The Hall–Kier alpha value is -1.22. The zero-order valence-corrected chi connectivity index (χ0v) is 11.3. The lowest BCUT2D eigenvalue weighted by Gasteiger charge is -2.22. The molecule has 0 radical (unpaired) electrons. The second-order valence-electron chi connectivity index (χ2n) is 4.64. The van der Waals surface area contributed by atoms with Gasteiger partial charge in [0, 0.05) is 6.54 Å². The number of anilines is 1. The van der Waals surface area contributed by atoms with Crippen LogP contribution in [0.1, 0.15) is 13.8 Å². The highest BCUT2D eigenvalue weighted by molar-refractivity contribution is 5.56.